The Morgan fingerprint density at radius 1 is 1.00 bits per heavy atom. The van der Waals surface area contributed by atoms with E-state index >= 15 is 0 Å². The summed E-state index contributed by atoms with van der Waals surface area (Å²) in [6, 6.07) is 15.1. The van der Waals surface area contributed by atoms with E-state index in [-0.39, 0.29) is 0 Å². The molecule has 2 rings (SSSR count). The Bertz CT molecular complexity index is 612. The average Bonchev–Trinajstić information content (AvgIpc) is 2.45. The zero-order chi connectivity index (χ0) is 13.7. The molecule has 0 saturated heterocycles. The van der Waals surface area contributed by atoms with Crippen LogP contribution in [0.2, 0.25) is 0 Å². The SMILES string of the molecule is CCc1ccccc1C=Cc1ccccc1C(=O)O. The highest BCUT2D eigenvalue weighted by Gasteiger charge is 2.06. The van der Waals surface area contributed by atoms with E-state index in [1.165, 1.54) is 5.56 Å². The second kappa shape index (κ2) is 6.01. The summed E-state index contributed by atoms with van der Waals surface area (Å²) >= 11 is 0. The van der Waals surface area contributed by atoms with Gasteiger partial charge in [0.15, 0.2) is 0 Å². The van der Waals surface area contributed by atoms with Gasteiger partial charge in [-0.3, -0.25) is 0 Å². The second-order valence-corrected chi connectivity index (χ2v) is 4.28. The molecule has 0 spiro atoms. The molecule has 0 radical (unpaired) electrons. The standard InChI is InChI=1S/C17H16O2/c1-2-13-7-3-4-8-14(13)11-12-15-9-5-6-10-16(15)17(18)19/h3-12H,2H2,1H3,(H,18,19). The molecule has 0 aromatic heterocycles. The van der Waals surface area contributed by atoms with E-state index < -0.39 is 5.97 Å². The predicted octanol–water partition coefficient (Wildman–Crippen LogP) is 4.12. The van der Waals surface area contributed by atoms with Gasteiger partial charge in [0.05, 0.1) is 5.56 Å². The number of aromatic carboxylic acids is 1. The minimum absolute atomic E-state index is 0.327. The number of carboxylic acids is 1. The van der Waals surface area contributed by atoms with Gasteiger partial charge in [-0.15, -0.1) is 0 Å². The molecule has 0 fully saturated rings. The third kappa shape index (κ3) is 3.10. The van der Waals surface area contributed by atoms with Crippen molar-refractivity contribution in [2.45, 2.75) is 13.3 Å². The normalized spacial score (nSPS) is 10.8. The van der Waals surface area contributed by atoms with Crippen molar-refractivity contribution in [3.05, 3.63) is 70.8 Å². The van der Waals surface area contributed by atoms with Crippen molar-refractivity contribution in [2.24, 2.45) is 0 Å². The lowest BCUT2D eigenvalue weighted by atomic mass is 10.0. The maximum absolute atomic E-state index is 11.1. The molecule has 0 bridgehead atoms. The van der Waals surface area contributed by atoms with Crippen LogP contribution in [0.3, 0.4) is 0 Å². The Balaban J connectivity index is 2.35. The molecule has 96 valence electrons. The molecule has 0 amide bonds. The summed E-state index contributed by atoms with van der Waals surface area (Å²) in [6.07, 6.45) is 4.79. The number of aryl methyl sites for hydroxylation is 1. The lowest BCUT2D eigenvalue weighted by Crippen LogP contribution is -1.98. The van der Waals surface area contributed by atoms with Crippen molar-refractivity contribution >= 4 is 18.1 Å². The van der Waals surface area contributed by atoms with Gasteiger partial charge in [0, 0.05) is 0 Å². The van der Waals surface area contributed by atoms with Crippen LogP contribution < -0.4 is 0 Å². The molecule has 0 saturated carbocycles. The minimum Gasteiger partial charge on any atom is -0.478 e. The van der Waals surface area contributed by atoms with Gasteiger partial charge in [-0.1, -0.05) is 61.5 Å². The Hall–Kier alpha value is -2.35. The van der Waals surface area contributed by atoms with E-state index in [4.69, 9.17) is 5.11 Å². The Morgan fingerprint density at radius 3 is 2.26 bits per heavy atom. The van der Waals surface area contributed by atoms with Crippen LogP contribution >= 0.6 is 0 Å². The van der Waals surface area contributed by atoms with E-state index in [0.29, 0.717) is 5.56 Å². The van der Waals surface area contributed by atoms with Crippen LogP contribution in [0.4, 0.5) is 0 Å². The van der Waals surface area contributed by atoms with Gasteiger partial charge in [0.2, 0.25) is 0 Å². The zero-order valence-corrected chi connectivity index (χ0v) is 10.8. The van der Waals surface area contributed by atoms with Crippen LogP contribution in [-0.2, 0) is 6.42 Å². The summed E-state index contributed by atoms with van der Waals surface area (Å²) in [6.45, 7) is 2.11. The highest BCUT2D eigenvalue weighted by Crippen LogP contribution is 2.16. The van der Waals surface area contributed by atoms with E-state index in [1.54, 1.807) is 12.1 Å². The van der Waals surface area contributed by atoms with Crippen molar-refractivity contribution in [2.75, 3.05) is 0 Å². The summed E-state index contributed by atoms with van der Waals surface area (Å²) in [5.74, 6) is -0.899. The van der Waals surface area contributed by atoms with E-state index in [0.717, 1.165) is 17.5 Å². The largest absolute Gasteiger partial charge is 0.478 e. The molecule has 1 N–H and O–H groups in total. The van der Waals surface area contributed by atoms with Crippen LogP contribution in [0.15, 0.2) is 48.5 Å². The smallest absolute Gasteiger partial charge is 0.336 e. The quantitative estimate of drug-likeness (QED) is 0.831. The second-order valence-electron chi connectivity index (χ2n) is 4.28. The molecule has 19 heavy (non-hydrogen) atoms. The van der Waals surface area contributed by atoms with E-state index in [9.17, 15) is 4.79 Å². The zero-order valence-electron chi connectivity index (χ0n) is 10.8. The molecule has 0 unspecified atom stereocenters. The maximum Gasteiger partial charge on any atom is 0.336 e. The third-order valence-electron chi connectivity index (χ3n) is 3.07. The van der Waals surface area contributed by atoms with Gasteiger partial charge < -0.3 is 5.11 Å². The number of carbonyl (C=O) groups is 1. The van der Waals surface area contributed by atoms with Crippen molar-refractivity contribution in [1.82, 2.24) is 0 Å². The number of benzene rings is 2. The number of hydrogen-bond acceptors (Lipinski definition) is 1. The highest BCUT2D eigenvalue weighted by atomic mass is 16.4. The Morgan fingerprint density at radius 2 is 1.58 bits per heavy atom. The van der Waals surface area contributed by atoms with Gasteiger partial charge in [0.25, 0.3) is 0 Å². The molecule has 0 heterocycles. The topological polar surface area (TPSA) is 37.3 Å². The highest BCUT2D eigenvalue weighted by molar-refractivity contribution is 5.93. The first-order chi connectivity index (χ1) is 9.22. The molecule has 0 aliphatic rings. The average molecular weight is 252 g/mol. The minimum atomic E-state index is -0.899. The molecule has 2 heteroatoms. The van der Waals surface area contributed by atoms with Crippen molar-refractivity contribution in [3.63, 3.8) is 0 Å². The van der Waals surface area contributed by atoms with Crippen LogP contribution in [0, 0.1) is 0 Å². The summed E-state index contributed by atoms with van der Waals surface area (Å²) in [5.41, 5.74) is 3.44. The monoisotopic (exact) mass is 252 g/mol. The lowest BCUT2D eigenvalue weighted by molar-refractivity contribution is 0.0696. The fourth-order valence-electron chi connectivity index (χ4n) is 2.04. The molecular weight excluding hydrogens is 236 g/mol. The van der Waals surface area contributed by atoms with E-state index in [2.05, 4.69) is 13.0 Å². The van der Waals surface area contributed by atoms with Gasteiger partial charge >= 0.3 is 5.97 Å². The molecule has 2 aromatic rings. The van der Waals surface area contributed by atoms with Crippen molar-refractivity contribution < 1.29 is 9.90 Å². The number of hydrogen-bond donors (Lipinski definition) is 1. The summed E-state index contributed by atoms with van der Waals surface area (Å²) in [4.78, 5) is 11.1. The summed E-state index contributed by atoms with van der Waals surface area (Å²) < 4.78 is 0. The van der Waals surface area contributed by atoms with E-state index in [1.807, 2.05) is 42.5 Å². The molecule has 2 aromatic carbocycles. The Labute approximate surface area is 113 Å². The van der Waals surface area contributed by atoms with Gasteiger partial charge in [-0.25, -0.2) is 4.79 Å². The number of rotatable bonds is 4. The summed E-state index contributed by atoms with van der Waals surface area (Å²) in [7, 11) is 0. The summed E-state index contributed by atoms with van der Waals surface area (Å²) in [5, 5.41) is 9.13. The van der Waals surface area contributed by atoms with Crippen LogP contribution in [-0.4, -0.2) is 11.1 Å². The fourth-order valence-corrected chi connectivity index (χ4v) is 2.04. The maximum atomic E-state index is 11.1. The molecule has 2 nitrogen and oxygen atoms in total. The molecule has 0 aliphatic carbocycles. The predicted molar refractivity (Wildman–Crippen MR) is 78.1 cm³/mol. The Kier molecular flexibility index (Phi) is 4.14. The van der Waals surface area contributed by atoms with Crippen LogP contribution in [0.5, 0.6) is 0 Å². The first-order valence-electron chi connectivity index (χ1n) is 6.30. The van der Waals surface area contributed by atoms with Gasteiger partial charge in [-0.05, 0) is 29.2 Å². The lowest BCUT2D eigenvalue weighted by Gasteiger charge is -2.03. The van der Waals surface area contributed by atoms with Gasteiger partial charge in [0.1, 0.15) is 0 Å². The molecule has 0 atom stereocenters. The fraction of sp³-hybridized carbons (Fsp3) is 0.118. The molecule has 0 aliphatic heterocycles. The number of carboxylic acid groups (broad SMARTS) is 1. The third-order valence-corrected chi connectivity index (χ3v) is 3.07. The first kappa shape index (κ1) is 13.1. The van der Waals surface area contributed by atoms with Crippen molar-refractivity contribution in [1.29, 1.82) is 0 Å². The van der Waals surface area contributed by atoms with Crippen LogP contribution in [0.1, 0.15) is 34.0 Å². The van der Waals surface area contributed by atoms with Crippen LogP contribution in [0.25, 0.3) is 12.2 Å². The molecular formula is C17H16O2. The van der Waals surface area contributed by atoms with Gasteiger partial charge in [-0.2, -0.15) is 0 Å². The van der Waals surface area contributed by atoms with Crippen molar-refractivity contribution in [3.8, 4) is 0 Å². The first-order valence-corrected chi connectivity index (χ1v) is 6.30.